The van der Waals surface area contributed by atoms with Crippen molar-refractivity contribution in [1.29, 1.82) is 0 Å². The van der Waals surface area contributed by atoms with Crippen LogP contribution in [0.2, 0.25) is 0 Å². The zero-order valence-corrected chi connectivity index (χ0v) is 11.1. The van der Waals surface area contributed by atoms with Crippen molar-refractivity contribution >= 4 is 23.6 Å². The summed E-state index contributed by atoms with van der Waals surface area (Å²) in [6.45, 7) is -0.0784. The molecule has 0 saturated heterocycles. The van der Waals surface area contributed by atoms with E-state index in [2.05, 4.69) is 10.6 Å². The molecule has 0 aliphatic heterocycles. The summed E-state index contributed by atoms with van der Waals surface area (Å²) in [5.41, 5.74) is 0.622. The number of likely N-dealkylation sites (N-methyl/N-ethyl adjacent to an activating group) is 1. The van der Waals surface area contributed by atoms with Crippen molar-refractivity contribution in [3.63, 3.8) is 0 Å². The molecule has 0 spiro atoms. The van der Waals surface area contributed by atoms with E-state index < -0.39 is 12.0 Å². The number of anilines is 1. The van der Waals surface area contributed by atoms with Gasteiger partial charge in [0.15, 0.2) is 0 Å². The summed E-state index contributed by atoms with van der Waals surface area (Å²) in [5.74, 6) is -1.33. The van der Waals surface area contributed by atoms with Crippen LogP contribution in [0.4, 0.5) is 10.5 Å². The molecule has 0 bridgehead atoms. The molecule has 0 radical (unpaired) electrons. The van der Waals surface area contributed by atoms with Gasteiger partial charge in [0, 0.05) is 19.3 Å². The molecule has 1 aromatic rings. The zero-order chi connectivity index (χ0) is 15.0. The second-order valence-corrected chi connectivity index (χ2v) is 4.13. The van der Waals surface area contributed by atoms with Crippen LogP contribution in [0, 0.1) is 0 Å². The van der Waals surface area contributed by atoms with Gasteiger partial charge in [0.25, 0.3) is 0 Å². The Morgan fingerprint density at radius 2 is 1.85 bits per heavy atom. The first kappa shape index (κ1) is 15.5. The molecular weight excluding hydrogens is 262 g/mol. The molecule has 0 atom stereocenters. The Labute approximate surface area is 116 Å². The van der Waals surface area contributed by atoms with E-state index in [1.165, 1.54) is 11.9 Å². The van der Waals surface area contributed by atoms with Crippen molar-refractivity contribution in [2.24, 2.45) is 0 Å². The third-order valence-electron chi connectivity index (χ3n) is 2.52. The van der Waals surface area contributed by atoms with Crippen LogP contribution in [0.25, 0.3) is 0 Å². The number of para-hydroxylation sites is 1. The minimum absolute atomic E-state index is 0.107. The van der Waals surface area contributed by atoms with Crippen LogP contribution in [0.15, 0.2) is 30.3 Å². The predicted molar refractivity (Wildman–Crippen MR) is 73.4 cm³/mol. The van der Waals surface area contributed by atoms with Crippen molar-refractivity contribution < 1.29 is 19.5 Å². The number of carboxylic acids is 1. The van der Waals surface area contributed by atoms with Gasteiger partial charge in [0.2, 0.25) is 5.91 Å². The van der Waals surface area contributed by atoms with E-state index in [0.29, 0.717) is 5.69 Å². The normalized spacial score (nSPS) is 9.65. The highest BCUT2D eigenvalue weighted by Gasteiger charge is 2.11. The Kier molecular flexibility index (Phi) is 6.02. The molecule has 1 rings (SSSR count). The van der Waals surface area contributed by atoms with Gasteiger partial charge in [-0.1, -0.05) is 18.2 Å². The minimum atomic E-state index is -0.973. The molecule has 0 unspecified atom stereocenters. The minimum Gasteiger partial charge on any atom is -0.481 e. The highest BCUT2D eigenvalue weighted by Crippen LogP contribution is 2.03. The third-order valence-corrected chi connectivity index (χ3v) is 2.52. The van der Waals surface area contributed by atoms with E-state index in [0.717, 1.165) is 0 Å². The second kappa shape index (κ2) is 7.78. The number of urea groups is 1. The molecule has 1 aromatic carbocycles. The van der Waals surface area contributed by atoms with Crippen LogP contribution in [-0.2, 0) is 9.59 Å². The van der Waals surface area contributed by atoms with Crippen molar-refractivity contribution in [3.8, 4) is 0 Å². The monoisotopic (exact) mass is 279 g/mol. The first-order valence-electron chi connectivity index (χ1n) is 6.04. The molecule has 0 aliphatic rings. The maximum Gasteiger partial charge on any atom is 0.319 e. The topological polar surface area (TPSA) is 98.7 Å². The van der Waals surface area contributed by atoms with Gasteiger partial charge in [-0.15, -0.1) is 0 Å². The molecule has 3 N–H and O–H groups in total. The van der Waals surface area contributed by atoms with E-state index in [9.17, 15) is 14.4 Å². The van der Waals surface area contributed by atoms with Crippen LogP contribution in [0.3, 0.4) is 0 Å². The summed E-state index contributed by atoms with van der Waals surface area (Å²) in [5, 5.41) is 13.5. The third kappa shape index (κ3) is 5.85. The Morgan fingerprint density at radius 1 is 1.20 bits per heavy atom. The van der Waals surface area contributed by atoms with E-state index >= 15 is 0 Å². The van der Waals surface area contributed by atoms with Gasteiger partial charge in [-0.25, -0.2) is 4.79 Å². The summed E-state index contributed by atoms with van der Waals surface area (Å²) >= 11 is 0. The van der Waals surface area contributed by atoms with Crippen LogP contribution >= 0.6 is 0 Å². The largest absolute Gasteiger partial charge is 0.481 e. The molecule has 20 heavy (non-hydrogen) atoms. The van der Waals surface area contributed by atoms with Crippen LogP contribution in [-0.4, -0.2) is 48.1 Å². The van der Waals surface area contributed by atoms with Gasteiger partial charge < -0.3 is 20.6 Å². The van der Waals surface area contributed by atoms with E-state index in [4.69, 9.17) is 5.11 Å². The summed E-state index contributed by atoms with van der Waals surface area (Å²) in [7, 11) is 1.49. The molecule has 3 amide bonds. The second-order valence-electron chi connectivity index (χ2n) is 4.13. The molecule has 0 aliphatic carbocycles. The molecule has 108 valence electrons. The number of hydrogen-bond donors (Lipinski definition) is 3. The van der Waals surface area contributed by atoms with Gasteiger partial charge in [-0.05, 0) is 12.1 Å². The van der Waals surface area contributed by atoms with Crippen LogP contribution < -0.4 is 10.6 Å². The average molecular weight is 279 g/mol. The quantitative estimate of drug-likeness (QED) is 0.715. The number of nitrogens with zero attached hydrogens (tertiary/aromatic N) is 1. The fourth-order valence-electron chi connectivity index (χ4n) is 1.38. The maximum atomic E-state index is 11.6. The summed E-state index contributed by atoms with van der Waals surface area (Å²) < 4.78 is 0. The molecule has 0 aromatic heterocycles. The summed E-state index contributed by atoms with van der Waals surface area (Å²) in [4.78, 5) is 34.8. The van der Waals surface area contributed by atoms with Crippen LogP contribution in [0.5, 0.6) is 0 Å². The van der Waals surface area contributed by atoms with Gasteiger partial charge in [-0.2, -0.15) is 0 Å². The van der Waals surface area contributed by atoms with E-state index in [-0.39, 0.29) is 25.4 Å². The van der Waals surface area contributed by atoms with Crippen molar-refractivity contribution in [3.05, 3.63) is 30.3 Å². The SMILES string of the molecule is CN(CCC(=O)O)C(=O)CNC(=O)Nc1ccccc1. The number of rotatable bonds is 6. The zero-order valence-electron chi connectivity index (χ0n) is 11.1. The molecule has 7 nitrogen and oxygen atoms in total. The van der Waals surface area contributed by atoms with E-state index in [1.807, 2.05) is 6.07 Å². The van der Waals surface area contributed by atoms with Gasteiger partial charge >= 0.3 is 12.0 Å². The van der Waals surface area contributed by atoms with Gasteiger partial charge in [0.1, 0.15) is 0 Å². The Morgan fingerprint density at radius 3 is 2.45 bits per heavy atom. The van der Waals surface area contributed by atoms with Crippen molar-refractivity contribution in [2.75, 3.05) is 25.5 Å². The predicted octanol–water partition coefficient (Wildman–Crippen LogP) is 0.741. The van der Waals surface area contributed by atoms with Gasteiger partial charge in [-0.3, -0.25) is 9.59 Å². The fraction of sp³-hybridized carbons (Fsp3) is 0.308. The Hall–Kier alpha value is -2.57. The first-order valence-corrected chi connectivity index (χ1v) is 6.04. The number of hydrogen-bond acceptors (Lipinski definition) is 3. The lowest BCUT2D eigenvalue weighted by Crippen LogP contribution is -2.40. The van der Waals surface area contributed by atoms with E-state index in [1.54, 1.807) is 24.3 Å². The fourth-order valence-corrected chi connectivity index (χ4v) is 1.38. The lowest BCUT2D eigenvalue weighted by molar-refractivity contribution is -0.138. The Balaban J connectivity index is 2.30. The Bertz CT molecular complexity index is 476. The highest BCUT2D eigenvalue weighted by molar-refractivity contribution is 5.92. The summed E-state index contributed by atoms with van der Waals surface area (Å²) in [6.07, 6.45) is -0.127. The number of aliphatic carboxylic acids is 1. The maximum absolute atomic E-state index is 11.6. The molecule has 0 fully saturated rings. The highest BCUT2D eigenvalue weighted by atomic mass is 16.4. The van der Waals surface area contributed by atoms with Crippen molar-refractivity contribution in [2.45, 2.75) is 6.42 Å². The van der Waals surface area contributed by atoms with Crippen LogP contribution in [0.1, 0.15) is 6.42 Å². The number of carbonyl (C=O) groups is 3. The molecule has 0 heterocycles. The number of nitrogens with one attached hydrogen (secondary N) is 2. The first-order chi connectivity index (χ1) is 9.49. The standard InChI is InChI=1S/C13H17N3O4/c1-16(8-7-12(18)19)11(17)9-14-13(20)15-10-5-3-2-4-6-10/h2-6H,7-9H2,1H3,(H,18,19)(H2,14,15,20). The smallest absolute Gasteiger partial charge is 0.319 e. The average Bonchev–Trinajstić information content (AvgIpc) is 2.43. The molecular formula is C13H17N3O4. The number of benzene rings is 1. The number of carbonyl (C=O) groups excluding carboxylic acids is 2. The lowest BCUT2D eigenvalue weighted by Gasteiger charge is -2.16. The van der Waals surface area contributed by atoms with Crippen molar-refractivity contribution in [1.82, 2.24) is 10.2 Å². The summed E-state index contributed by atoms with van der Waals surface area (Å²) in [6, 6.07) is 8.34. The van der Waals surface area contributed by atoms with Gasteiger partial charge in [0.05, 0.1) is 13.0 Å². The molecule has 7 heteroatoms. The number of carboxylic acid groups (broad SMARTS) is 1. The number of amides is 3. The lowest BCUT2D eigenvalue weighted by atomic mass is 10.3. The molecule has 0 saturated carbocycles.